The van der Waals surface area contributed by atoms with E-state index in [9.17, 15) is 18.3 Å². The zero-order valence-corrected chi connectivity index (χ0v) is 12.0. The first kappa shape index (κ1) is 16.0. The fraction of sp³-hybridized carbons (Fsp3) is 0.692. The Balaban J connectivity index is 2.10. The van der Waals surface area contributed by atoms with Crippen molar-refractivity contribution in [3.63, 3.8) is 0 Å². The van der Waals surface area contributed by atoms with Gasteiger partial charge in [-0.3, -0.25) is 4.90 Å². The van der Waals surface area contributed by atoms with Crippen LogP contribution in [0.5, 0.6) is 0 Å². The van der Waals surface area contributed by atoms with Crippen LogP contribution in [0.2, 0.25) is 0 Å². The molecule has 2 atom stereocenters. The smallest absolute Gasteiger partial charge is 0.392 e. The molecule has 1 fully saturated rings. The molecule has 0 aliphatic carbocycles. The lowest BCUT2D eigenvalue weighted by atomic mass is 10.2. The molecule has 2 rings (SSSR count). The third-order valence-electron chi connectivity index (χ3n) is 3.42. The Labute approximate surface area is 121 Å². The lowest BCUT2D eigenvalue weighted by Gasteiger charge is -2.40. The second-order valence-corrected chi connectivity index (χ2v) is 5.39. The number of rotatable bonds is 3. The van der Waals surface area contributed by atoms with Crippen LogP contribution in [0.3, 0.4) is 0 Å². The van der Waals surface area contributed by atoms with Gasteiger partial charge in [0.15, 0.2) is 0 Å². The van der Waals surface area contributed by atoms with Gasteiger partial charge in [0.25, 0.3) is 0 Å². The summed E-state index contributed by atoms with van der Waals surface area (Å²) in [5.74, 6) is 0.106. The van der Waals surface area contributed by atoms with Crippen molar-refractivity contribution in [2.75, 3.05) is 31.1 Å². The number of aromatic nitrogens is 2. The van der Waals surface area contributed by atoms with Crippen LogP contribution in [0.4, 0.5) is 19.1 Å². The number of halogens is 3. The molecule has 1 aromatic heterocycles. The van der Waals surface area contributed by atoms with Crippen LogP contribution in [0.15, 0.2) is 12.3 Å². The van der Waals surface area contributed by atoms with Gasteiger partial charge in [0.1, 0.15) is 5.69 Å². The average Bonchev–Trinajstić information content (AvgIpc) is 2.37. The van der Waals surface area contributed by atoms with Crippen molar-refractivity contribution in [1.29, 1.82) is 0 Å². The number of alkyl halides is 3. The minimum absolute atomic E-state index is 0.0130. The van der Waals surface area contributed by atoms with Gasteiger partial charge in [-0.1, -0.05) is 0 Å². The molecular weight excluding hydrogens is 285 g/mol. The maximum atomic E-state index is 12.7. The summed E-state index contributed by atoms with van der Waals surface area (Å²) in [5, 5.41) is 9.39. The van der Waals surface area contributed by atoms with Crippen LogP contribution in [0.25, 0.3) is 0 Å². The quantitative estimate of drug-likeness (QED) is 0.914. The van der Waals surface area contributed by atoms with Crippen molar-refractivity contribution in [1.82, 2.24) is 14.9 Å². The molecule has 1 N–H and O–H groups in total. The third kappa shape index (κ3) is 4.04. The molecule has 1 aliphatic rings. The largest absolute Gasteiger partial charge is 0.433 e. The lowest BCUT2D eigenvalue weighted by molar-refractivity contribution is -0.141. The van der Waals surface area contributed by atoms with Gasteiger partial charge in [0, 0.05) is 38.4 Å². The van der Waals surface area contributed by atoms with E-state index < -0.39 is 18.0 Å². The zero-order valence-electron chi connectivity index (χ0n) is 12.0. The van der Waals surface area contributed by atoms with Gasteiger partial charge in [-0.2, -0.15) is 13.2 Å². The van der Waals surface area contributed by atoms with Gasteiger partial charge in [0.2, 0.25) is 5.95 Å². The molecule has 0 bridgehead atoms. The van der Waals surface area contributed by atoms with Crippen molar-refractivity contribution < 1.29 is 18.3 Å². The van der Waals surface area contributed by atoms with E-state index in [4.69, 9.17) is 0 Å². The molecule has 8 heteroatoms. The second kappa shape index (κ2) is 6.15. The summed E-state index contributed by atoms with van der Waals surface area (Å²) < 4.78 is 38.1. The molecule has 5 nitrogen and oxygen atoms in total. The highest BCUT2D eigenvalue weighted by molar-refractivity contribution is 5.33. The Bertz CT molecular complexity index is 481. The fourth-order valence-corrected chi connectivity index (χ4v) is 2.51. The SMILES string of the molecule is CC(O)CN1CCN(c2nccc(C(F)(F)F)n2)C(C)C1. The average molecular weight is 304 g/mol. The van der Waals surface area contributed by atoms with Gasteiger partial charge < -0.3 is 10.0 Å². The summed E-state index contributed by atoms with van der Waals surface area (Å²) in [4.78, 5) is 11.4. The lowest BCUT2D eigenvalue weighted by Crippen LogP contribution is -2.53. The first-order valence-corrected chi connectivity index (χ1v) is 6.84. The predicted octanol–water partition coefficient (Wildman–Crippen LogP) is 1.39. The van der Waals surface area contributed by atoms with Gasteiger partial charge in [-0.05, 0) is 19.9 Å². The monoisotopic (exact) mass is 304 g/mol. The summed E-state index contributed by atoms with van der Waals surface area (Å²) in [6.45, 7) is 6.04. The molecule has 0 aromatic carbocycles. The molecule has 1 aliphatic heterocycles. The number of aliphatic hydroxyl groups excluding tert-OH is 1. The van der Waals surface area contributed by atoms with Crippen molar-refractivity contribution in [3.8, 4) is 0 Å². The molecule has 2 heterocycles. The highest BCUT2D eigenvalue weighted by Crippen LogP contribution is 2.28. The summed E-state index contributed by atoms with van der Waals surface area (Å²) in [6.07, 6.45) is -3.75. The van der Waals surface area contributed by atoms with Crippen LogP contribution >= 0.6 is 0 Å². The predicted molar refractivity (Wildman–Crippen MR) is 72.0 cm³/mol. The molecule has 0 amide bonds. The first-order chi connectivity index (χ1) is 9.77. The number of anilines is 1. The summed E-state index contributed by atoms with van der Waals surface area (Å²) in [5.41, 5.74) is -0.925. The van der Waals surface area contributed by atoms with E-state index in [0.717, 1.165) is 12.3 Å². The van der Waals surface area contributed by atoms with Crippen LogP contribution in [0, 0.1) is 0 Å². The van der Waals surface area contributed by atoms with E-state index >= 15 is 0 Å². The molecule has 0 saturated carbocycles. The van der Waals surface area contributed by atoms with Gasteiger partial charge >= 0.3 is 6.18 Å². The maximum absolute atomic E-state index is 12.7. The van der Waals surface area contributed by atoms with Crippen LogP contribution in [-0.2, 0) is 6.18 Å². The molecule has 2 unspecified atom stereocenters. The summed E-state index contributed by atoms with van der Waals surface area (Å²) in [6, 6.07) is 0.860. The van der Waals surface area contributed by atoms with Crippen LogP contribution in [-0.4, -0.2) is 58.3 Å². The summed E-state index contributed by atoms with van der Waals surface area (Å²) in [7, 11) is 0. The third-order valence-corrected chi connectivity index (χ3v) is 3.42. The van der Waals surface area contributed by atoms with E-state index in [-0.39, 0.29) is 12.0 Å². The van der Waals surface area contributed by atoms with E-state index in [2.05, 4.69) is 14.9 Å². The number of hydrogen-bond acceptors (Lipinski definition) is 5. The number of aliphatic hydroxyl groups is 1. The number of piperazine rings is 1. The fourth-order valence-electron chi connectivity index (χ4n) is 2.51. The number of hydrogen-bond donors (Lipinski definition) is 1. The first-order valence-electron chi connectivity index (χ1n) is 6.84. The van der Waals surface area contributed by atoms with Gasteiger partial charge in [-0.15, -0.1) is 0 Å². The molecule has 118 valence electrons. The van der Waals surface area contributed by atoms with Crippen molar-refractivity contribution in [2.45, 2.75) is 32.2 Å². The van der Waals surface area contributed by atoms with Crippen molar-refractivity contribution in [3.05, 3.63) is 18.0 Å². The number of nitrogens with zero attached hydrogens (tertiary/aromatic N) is 4. The molecule has 21 heavy (non-hydrogen) atoms. The Morgan fingerprint density at radius 2 is 2.14 bits per heavy atom. The van der Waals surface area contributed by atoms with Crippen LogP contribution < -0.4 is 4.90 Å². The van der Waals surface area contributed by atoms with Gasteiger partial charge in [-0.25, -0.2) is 9.97 Å². The van der Waals surface area contributed by atoms with E-state index in [1.165, 1.54) is 0 Å². The number of β-amino-alcohol motifs (C(OH)–C–C–N with tert-alkyl or cyclic N) is 1. The Kier molecular flexibility index (Phi) is 4.67. The van der Waals surface area contributed by atoms with E-state index in [1.54, 1.807) is 11.8 Å². The maximum Gasteiger partial charge on any atom is 0.433 e. The highest BCUT2D eigenvalue weighted by atomic mass is 19.4. The molecule has 1 aromatic rings. The van der Waals surface area contributed by atoms with E-state index in [0.29, 0.717) is 26.2 Å². The van der Waals surface area contributed by atoms with Crippen LogP contribution in [0.1, 0.15) is 19.5 Å². The normalized spacial score (nSPS) is 22.4. The van der Waals surface area contributed by atoms with E-state index in [1.807, 2.05) is 6.92 Å². The topological polar surface area (TPSA) is 52.5 Å². The minimum atomic E-state index is -4.46. The van der Waals surface area contributed by atoms with Gasteiger partial charge in [0.05, 0.1) is 6.10 Å². The Morgan fingerprint density at radius 3 is 2.71 bits per heavy atom. The molecule has 0 spiro atoms. The minimum Gasteiger partial charge on any atom is -0.392 e. The Hall–Kier alpha value is -1.41. The standard InChI is InChI=1S/C13H19F3N4O/c1-9-7-19(8-10(2)21)5-6-20(9)12-17-4-3-11(18-12)13(14,15)16/h3-4,9-10,21H,5-8H2,1-2H3. The van der Waals surface area contributed by atoms with Crippen molar-refractivity contribution in [2.24, 2.45) is 0 Å². The Morgan fingerprint density at radius 1 is 1.43 bits per heavy atom. The zero-order chi connectivity index (χ0) is 15.6. The second-order valence-electron chi connectivity index (χ2n) is 5.39. The highest BCUT2D eigenvalue weighted by Gasteiger charge is 2.34. The van der Waals surface area contributed by atoms with Crippen molar-refractivity contribution >= 4 is 5.95 Å². The molecular formula is C13H19F3N4O. The summed E-state index contributed by atoms with van der Waals surface area (Å²) >= 11 is 0. The molecule has 0 radical (unpaired) electrons. The molecule has 1 saturated heterocycles.